The lowest BCUT2D eigenvalue weighted by Gasteiger charge is -2.31. The topological polar surface area (TPSA) is 45.2 Å². The number of hydrogen-bond donors (Lipinski definition) is 1. The molecule has 1 aliphatic heterocycles. The second-order valence-corrected chi connectivity index (χ2v) is 7.72. The molecule has 2 aromatic rings. The Morgan fingerprint density at radius 2 is 2.00 bits per heavy atom. The predicted molar refractivity (Wildman–Crippen MR) is 96.6 cm³/mol. The Labute approximate surface area is 151 Å². The monoisotopic (exact) mass is 359 g/mol. The van der Waals surface area contributed by atoms with Crippen LogP contribution in [0.1, 0.15) is 50.9 Å². The fraction of sp³-hybridized carbons (Fsp3) is 0.474. The van der Waals surface area contributed by atoms with E-state index < -0.39 is 5.54 Å². The van der Waals surface area contributed by atoms with Crippen molar-refractivity contribution in [3.05, 3.63) is 41.2 Å². The first-order valence-corrected chi connectivity index (χ1v) is 9.81. The zero-order valence-corrected chi connectivity index (χ0v) is 15.1. The number of rotatable bonds is 3. The summed E-state index contributed by atoms with van der Waals surface area (Å²) in [7, 11) is 0. The predicted octanol–water partition coefficient (Wildman–Crippen LogP) is 4.10. The molecule has 0 radical (unpaired) electrons. The van der Waals surface area contributed by atoms with Gasteiger partial charge in [-0.15, -0.1) is 11.3 Å². The summed E-state index contributed by atoms with van der Waals surface area (Å²) in [6, 6.07) is 6.38. The van der Waals surface area contributed by atoms with E-state index in [0.717, 1.165) is 41.9 Å². The van der Waals surface area contributed by atoms with Gasteiger partial charge < -0.3 is 4.90 Å². The lowest BCUT2D eigenvalue weighted by molar-refractivity contribution is -0.134. The fourth-order valence-corrected chi connectivity index (χ4v) is 4.85. The number of nitrogens with zero attached hydrogens (tertiary/aromatic N) is 2. The largest absolute Gasteiger partial charge is 0.320 e. The minimum absolute atomic E-state index is 0.166. The van der Waals surface area contributed by atoms with Crippen molar-refractivity contribution in [1.82, 2.24) is 15.2 Å². The van der Waals surface area contributed by atoms with Gasteiger partial charge in [-0.3, -0.25) is 10.1 Å². The van der Waals surface area contributed by atoms with Crippen molar-refractivity contribution in [3.8, 4) is 10.6 Å². The standard InChI is InChI=1S/C19H22FN3OS/c1-2-23-16(22-19(18(23)24)10-4-3-5-11-19)15-12-25-17(21-15)13-6-8-14(20)9-7-13/h6-9,12,16,22H,2-5,10-11H2,1H3. The van der Waals surface area contributed by atoms with Crippen molar-refractivity contribution in [3.63, 3.8) is 0 Å². The SMILES string of the molecule is CCN1C(=O)C2(CCCCC2)NC1c1csc(-c2ccc(F)cc2)n1. The van der Waals surface area contributed by atoms with E-state index in [0.29, 0.717) is 6.54 Å². The number of carbonyl (C=O) groups excluding carboxylic acids is 1. The van der Waals surface area contributed by atoms with Gasteiger partial charge in [0.2, 0.25) is 5.91 Å². The van der Waals surface area contributed by atoms with Gasteiger partial charge in [-0.1, -0.05) is 19.3 Å². The number of likely N-dealkylation sites (N-methyl/N-ethyl adjacent to an activating group) is 1. The van der Waals surface area contributed by atoms with Gasteiger partial charge in [-0.2, -0.15) is 0 Å². The van der Waals surface area contributed by atoms with E-state index in [1.54, 1.807) is 12.1 Å². The van der Waals surface area contributed by atoms with Crippen LogP contribution in [-0.4, -0.2) is 27.9 Å². The molecule has 1 saturated heterocycles. The summed E-state index contributed by atoms with van der Waals surface area (Å²) in [5, 5.41) is 6.47. The summed E-state index contributed by atoms with van der Waals surface area (Å²) in [5.74, 6) is -0.0315. The fourth-order valence-electron chi connectivity index (χ4n) is 4.00. The summed E-state index contributed by atoms with van der Waals surface area (Å²) >= 11 is 1.53. The molecule has 1 atom stereocenters. The molecule has 4 rings (SSSR count). The molecule has 4 nitrogen and oxygen atoms in total. The normalized spacial score (nSPS) is 22.7. The van der Waals surface area contributed by atoms with Crippen LogP contribution in [0.5, 0.6) is 0 Å². The second kappa shape index (κ2) is 6.50. The molecule has 1 aromatic heterocycles. The zero-order valence-electron chi connectivity index (χ0n) is 14.3. The number of halogens is 1. The molecule has 25 heavy (non-hydrogen) atoms. The van der Waals surface area contributed by atoms with E-state index in [4.69, 9.17) is 4.98 Å². The van der Waals surface area contributed by atoms with E-state index in [1.807, 2.05) is 17.2 Å². The smallest absolute Gasteiger partial charge is 0.244 e. The van der Waals surface area contributed by atoms with Crippen molar-refractivity contribution in [2.24, 2.45) is 0 Å². The number of thiazole rings is 1. The van der Waals surface area contributed by atoms with Crippen molar-refractivity contribution in [1.29, 1.82) is 0 Å². The lowest BCUT2D eigenvalue weighted by atomic mass is 9.81. The molecule has 1 unspecified atom stereocenters. The highest BCUT2D eigenvalue weighted by Gasteiger charge is 2.51. The molecule has 1 amide bonds. The minimum atomic E-state index is -0.404. The zero-order chi connectivity index (χ0) is 17.4. The Balaban J connectivity index is 1.62. The molecule has 1 saturated carbocycles. The molecular formula is C19H22FN3OS. The van der Waals surface area contributed by atoms with E-state index in [1.165, 1.54) is 29.9 Å². The molecule has 132 valence electrons. The Morgan fingerprint density at radius 1 is 1.28 bits per heavy atom. The van der Waals surface area contributed by atoms with Crippen LogP contribution >= 0.6 is 11.3 Å². The van der Waals surface area contributed by atoms with Crippen LogP contribution in [0.4, 0.5) is 4.39 Å². The van der Waals surface area contributed by atoms with Crippen molar-refractivity contribution in [2.75, 3.05) is 6.54 Å². The Morgan fingerprint density at radius 3 is 2.68 bits per heavy atom. The van der Waals surface area contributed by atoms with E-state index in [2.05, 4.69) is 5.32 Å². The van der Waals surface area contributed by atoms with E-state index in [-0.39, 0.29) is 17.9 Å². The third-order valence-corrected chi connectivity index (χ3v) is 6.25. The number of nitrogens with one attached hydrogen (secondary N) is 1. The molecule has 1 N–H and O–H groups in total. The average molecular weight is 359 g/mol. The van der Waals surface area contributed by atoms with Gasteiger partial charge in [-0.25, -0.2) is 9.37 Å². The van der Waals surface area contributed by atoms with E-state index >= 15 is 0 Å². The van der Waals surface area contributed by atoms with Gasteiger partial charge in [0.15, 0.2) is 0 Å². The van der Waals surface area contributed by atoms with Gasteiger partial charge in [0, 0.05) is 17.5 Å². The number of benzene rings is 1. The highest BCUT2D eigenvalue weighted by molar-refractivity contribution is 7.13. The molecule has 1 aliphatic carbocycles. The van der Waals surface area contributed by atoms with Crippen LogP contribution < -0.4 is 5.32 Å². The highest BCUT2D eigenvalue weighted by atomic mass is 32.1. The summed E-state index contributed by atoms with van der Waals surface area (Å²) in [5.41, 5.74) is 1.37. The summed E-state index contributed by atoms with van der Waals surface area (Å²) in [4.78, 5) is 19.7. The van der Waals surface area contributed by atoms with Gasteiger partial charge >= 0.3 is 0 Å². The van der Waals surface area contributed by atoms with Gasteiger partial charge in [0.1, 0.15) is 17.0 Å². The lowest BCUT2D eigenvalue weighted by Crippen LogP contribution is -2.48. The maximum atomic E-state index is 13.1. The quantitative estimate of drug-likeness (QED) is 0.897. The minimum Gasteiger partial charge on any atom is -0.320 e. The second-order valence-electron chi connectivity index (χ2n) is 6.87. The Hall–Kier alpha value is -1.79. The Bertz CT molecular complexity index is 767. The molecule has 0 bridgehead atoms. The van der Waals surface area contributed by atoms with Crippen molar-refractivity contribution >= 4 is 17.2 Å². The molecule has 1 spiro atoms. The molecule has 6 heteroatoms. The Kier molecular flexibility index (Phi) is 4.33. The molecule has 2 heterocycles. The first-order chi connectivity index (χ1) is 12.1. The molecular weight excluding hydrogens is 337 g/mol. The first-order valence-electron chi connectivity index (χ1n) is 8.93. The summed E-state index contributed by atoms with van der Waals surface area (Å²) < 4.78 is 13.1. The van der Waals surface area contributed by atoms with Gasteiger partial charge in [0.25, 0.3) is 0 Å². The first kappa shape index (κ1) is 16.7. The van der Waals surface area contributed by atoms with Crippen LogP contribution in [0, 0.1) is 5.82 Å². The number of carbonyl (C=O) groups is 1. The van der Waals surface area contributed by atoms with Gasteiger partial charge in [-0.05, 0) is 44.0 Å². The third kappa shape index (κ3) is 2.87. The van der Waals surface area contributed by atoms with E-state index in [9.17, 15) is 9.18 Å². The highest BCUT2D eigenvalue weighted by Crippen LogP contribution is 2.40. The van der Waals surface area contributed by atoms with Crippen LogP contribution in [0.25, 0.3) is 10.6 Å². The molecule has 2 fully saturated rings. The number of aromatic nitrogens is 1. The summed E-state index contributed by atoms with van der Waals surface area (Å²) in [6.07, 6.45) is 5.06. The van der Waals surface area contributed by atoms with Crippen LogP contribution in [-0.2, 0) is 4.79 Å². The van der Waals surface area contributed by atoms with Crippen molar-refractivity contribution < 1.29 is 9.18 Å². The van der Waals surface area contributed by atoms with Crippen LogP contribution in [0.15, 0.2) is 29.6 Å². The summed E-state index contributed by atoms with van der Waals surface area (Å²) in [6.45, 7) is 2.68. The third-order valence-electron chi connectivity index (χ3n) is 5.34. The van der Waals surface area contributed by atoms with Crippen LogP contribution in [0.3, 0.4) is 0 Å². The molecule has 1 aromatic carbocycles. The maximum absolute atomic E-state index is 13.1. The van der Waals surface area contributed by atoms with Gasteiger partial charge in [0.05, 0.1) is 11.2 Å². The molecule has 2 aliphatic rings. The maximum Gasteiger partial charge on any atom is 0.244 e. The van der Waals surface area contributed by atoms with Crippen LogP contribution in [0.2, 0.25) is 0 Å². The number of hydrogen-bond acceptors (Lipinski definition) is 4. The number of amides is 1. The average Bonchev–Trinajstić information content (AvgIpc) is 3.21. The van der Waals surface area contributed by atoms with Crippen molar-refractivity contribution in [2.45, 2.75) is 50.7 Å².